The zero-order valence-corrected chi connectivity index (χ0v) is 17.4. The fourth-order valence-corrected chi connectivity index (χ4v) is 5.69. The first-order valence-corrected chi connectivity index (χ1v) is 10.9. The standard InChI is InChI=1S/C26H27N3O2/c27-25(29-30)19-5-8-20(9-6-19)26(16-18-4-7-22(26)15-18)21-10-12-24(13-11-21)31-17-23-3-1-2-14-28-23/h1-3,5-6,8-14,18,22,30H,4,7,15-17H2,(H2,27,29)/t18?,22-,26+/m1/s1. The van der Waals surface area contributed by atoms with E-state index < -0.39 is 0 Å². The summed E-state index contributed by atoms with van der Waals surface area (Å²) >= 11 is 0. The third-order valence-corrected chi connectivity index (χ3v) is 7.13. The molecule has 0 amide bonds. The van der Waals surface area contributed by atoms with Crippen LogP contribution < -0.4 is 10.5 Å². The molecular weight excluding hydrogens is 386 g/mol. The molecule has 3 N–H and O–H groups in total. The Hall–Kier alpha value is -3.34. The van der Waals surface area contributed by atoms with Gasteiger partial charge in [0.1, 0.15) is 12.4 Å². The predicted molar refractivity (Wildman–Crippen MR) is 120 cm³/mol. The van der Waals surface area contributed by atoms with E-state index in [0.717, 1.165) is 22.9 Å². The van der Waals surface area contributed by atoms with Gasteiger partial charge in [0.2, 0.25) is 0 Å². The Balaban J connectivity index is 1.43. The minimum atomic E-state index is 0.0199. The molecule has 0 saturated heterocycles. The Kier molecular flexibility index (Phi) is 5.10. The number of oxime groups is 1. The Morgan fingerprint density at radius 3 is 2.35 bits per heavy atom. The summed E-state index contributed by atoms with van der Waals surface area (Å²) in [7, 11) is 0. The third-order valence-electron chi connectivity index (χ3n) is 7.13. The van der Waals surface area contributed by atoms with Crippen molar-refractivity contribution in [1.29, 1.82) is 0 Å². The van der Waals surface area contributed by atoms with E-state index in [-0.39, 0.29) is 11.3 Å². The second kappa shape index (κ2) is 8.06. The lowest BCUT2D eigenvalue weighted by Gasteiger charge is -2.39. The minimum Gasteiger partial charge on any atom is -0.487 e. The summed E-state index contributed by atoms with van der Waals surface area (Å²) in [6.45, 7) is 0.464. The van der Waals surface area contributed by atoms with Crippen LogP contribution in [0, 0.1) is 11.8 Å². The van der Waals surface area contributed by atoms with Crippen LogP contribution in [0.4, 0.5) is 0 Å². The quantitative estimate of drug-likeness (QED) is 0.262. The summed E-state index contributed by atoms with van der Waals surface area (Å²) in [5.74, 6) is 2.43. The molecule has 5 rings (SSSR count). The highest BCUT2D eigenvalue weighted by atomic mass is 16.5. The maximum atomic E-state index is 8.97. The van der Waals surface area contributed by atoms with E-state index >= 15 is 0 Å². The van der Waals surface area contributed by atoms with E-state index in [1.807, 2.05) is 30.3 Å². The normalized spacial score (nSPS) is 25.0. The number of pyridine rings is 1. The summed E-state index contributed by atoms with van der Waals surface area (Å²) in [6.07, 6.45) is 6.85. The van der Waals surface area contributed by atoms with Gasteiger partial charge in [0.15, 0.2) is 5.84 Å². The number of fused-ring (bicyclic) bond motifs is 2. The van der Waals surface area contributed by atoms with Crippen LogP contribution in [-0.4, -0.2) is 16.0 Å². The van der Waals surface area contributed by atoms with Gasteiger partial charge in [-0.3, -0.25) is 4.98 Å². The van der Waals surface area contributed by atoms with Gasteiger partial charge in [-0.2, -0.15) is 0 Å². The molecule has 5 nitrogen and oxygen atoms in total. The Morgan fingerprint density at radius 1 is 1.03 bits per heavy atom. The second-order valence-corrected chi connectivity index (χ2v) is 8.75. The van der Waals surface area contributed by atoms with E-state index in [4.69, 9.17) is 15.7 Å². The zero-order chi connectivity index (χ0) is 21.3. The first-order valence-electron chi connectivity index (χ1n) is 10.9. The zero-order valence-electron chi connectivity index (χ0n) is 17.4. The molecule has 2 bridgehead atoms. The molecule has 0 spiro atoms. The van der Waals surface area contributed by atoms with Crippen LogP contribution in [0.15, 0.2) is 78.1 Å². The van der Waals surface area contributed by atoms with Gasteiger partial charge in [-0.1, -0.05) is 54.0 Å². The first-order chi connectivity index (χ1) is 15.2. The van der Waals surface area contributed by atoms with Crippen molar-refractivity contribution < 1.29 is 9.94 Å². The summed E-state index contributed by atoms with van der Waals surface area (Å²) in [5.41, 5.74) is 10.1. The van der Waals surface area contributed by atoms with Crippen molar-refractivity contribution in [2.75, 3.05) is 0 Å². The third kappa shape index (κ3) is 3.54. The molecule has 0 radical (unpaired) electrons. The fourth-order valence-electron chi connectivity index (χ4n) is 5.69. The molecule has 1 aromatic heterocycles. The van der Waals surface area contributed by atoms with Gasteiger partial charge < -0.3 is 15.7 Å². The maximum Gasteiger partial charge on any atom is 0.170 e. The van der Waals surface area contributed by atoms with Crippen molar-refractivity contribution in [3.05, 3.63) is 95.3 Å². The number of hydrogen-bond donors (Lipinski definition) is 2. The van der Waals surface area contributed by atoms with Gasteiger partial charge in [0, 0.05) is 17.2 Å². The van der Waals surface area contributed by atoms with Crippen LogP contribution in [0.1, 0.15) is 48.1 Å². The molecule has 2 aliphatic rings. The first kappa shape index (κ1) is 19.6. The van der Waals surface area contributed by atoms with Gasteiger partial charge in [0.25, 0.3) is 0 Å². The maximum absolute atomic E-state index is 8.97. The Labute approximate surface area is 182 Å². The molecule has 3 atom stereocenters. The van der Waals surface area contributed by atoms with E-state index in [2.05, 4.69) is 46.5 Å². The smallest absolute Gasteiger partial charge is 0.170 e. The number of rotatable bonds is 6. The average molecular weight is 414 g/mol. The monoisotopic (exact) mass is 413 g/mol. The molecule has 31 heavy (non-hydrogen) atoms. The van der Waals surface area contributed by atoms with Gasteiger partial charge in [-0.15, -0.1) is 0 Å². The van der Waals surface area contributed by atoms with Gasteiger partial charge in [0.05, 0.1) is 5.69 Å². The lowest BCUT2D eigenvalue weighted by Crippen LogP contribution is -2.34. The van der Waals surface area contributed by atoms with Gasteiger partial charge in [-0.05, 0) is 66.5 Å². The number of amidine groups is 1. The molecule has 2 saturated carbocycles. The van der Waals surface area contributed by atoms with Crippen molar-refractivity contribution in [2.45, 2.75) is 37.7 Å². The number of ether oxygens (including phenoxy) is 1. The number of aromatic nitrogens is 1. The van der Waals surface area contributed by atoms with Crippen molar-refractivity contribution >= 4 is 5.84 Å². The predicted octanol–water partition coefficient (Wildman–Crippen LogP) is 4.86. The molecule has 0 aliphatic heterocycles. The van der Waals surface area contributed by atoms with Crippen LogP contribution in [0.2, 0.25) is 0 Å². The van der Waals surface area contributed by atoms with Crippen LogP contribution in [0.3, 0.4) is 0 Å². The van der Waals surface area contributed by atoms with Crippen molar-refractivity contribution in [1.82, 2.24) is 4.98 Å². The van der Waals surface area contributed by atoms with Crippen LogP contribution in [-0.2, 0) is 12.0 Å². The highest BCUT2D eigenvalue weighted by Gasteiger charge is 2.52. The molecule has 2 aromatic carbocycles. The summed E-state index contributed by atoms with van der Waals surface area (Å²) in [5, 5.41) is 12.1. The lowest BCUT2D eigenvalue weighted by molar-refractivity contribution is 0.299. The topological polar surface area (TPSA) is 80.7 Å². The number of nitrogens with two attached hydrogens (primary N) is 1. The summed E-state index contributed by atoms with van der Waals surface area (Å²) in [4.78, 5) is 4.32. The highest BCUT2D eigenvalue weighted by molar-refractivity contribution is 5.97. The molecule has 3 aromatic rings. The Morgan fingerprint density at radius 2 is 1.77 bits per heavy atom. The number of nitrogens with zero attached hydrogens (tertiary/aromatic N) is 2. The highest BCUT2D eigenvalue weighted by Crippen LogP contribution is 2.60. The number of hydrogen-bond acceptors (Lipinski definition) is 4. The average Bonchev–Trinajstić information content (AvgIpc) is 3.46. The minimum absolute atomic E-state index is 0.0199. The molecule has 1 heterocycles. The fraction of sp³-hybridized carbons (Fsp3) is 0.308. The van der Waals surface area contributed by atoms with Gasteiger partial charge in [-0.25, -0.2) is 0 Å². The van der Waals surface area contributed by atoms with Crippen molar-refractivity contribution in [2.24, 2.45) is 22.7 Å². The molecular formula is C26H27N3O2. The number of benzene rings is 2. The molecule has 158 valence electrons. The van der Waals surface area contributed by atoms with Crippen LogP contribution >= 0.6 is 0 Å². The Bertz CT molecular complexity index is 1060. The lowest BCUT2D eigenvalue weighted by atomic mass is 9.64. The van der Waals surface area contributed by atoms with Crippen LogP contribution in [0.5, 0.6) is 5.75 Å². The molecule has 2 fully saturated rings. The van der Waals surface area contributed by atoms with E-state index in [9.17, 15) is 0 Å². The van der Waals surface area contributed by atoms with Gasteiger partial charge >= 0.3 is 0 Å². The van der Waals surface area contributed by atoms with E-state index in [1.165, 1.54) is 36.8 Å². The second-order valence-electron chi connectivity index (χ2n) is 8.75. The van der Waals surface area contributed by atoms with Crippen LogP contribution in [0.25, 0.3) is 0 Å². The molecule has 5 heteroatoms. The van der Waals surface area contributed by atoms with Crippen molar-refractivity contribution in [3.8, 4) is 5.75 Å². The van der Waals surface area contributed by atoms with E-state index in [0.29, 0.717) is 12.5 Å². The molecule has 1 unspecified atom stereocenters. The molecule has 2 aliphatic carbocycles. The SMILES string of the molecule is N/C(=N\O)c1ccc([C@]2(c3ccc(OCc4ccccn4)cc3)CC3CC[C@@H]2C3)cc1. The largest absolute Gasteiger partial charge is 0.487 e. The van der Waals surface area contributed by atoms with E-state index in [1.54, 1.807) is 6.20 Å². The summed E-state index contributed by atoms with van der Waals surface area (Å²) in [6, 6.07) is 22.7. The van der Waals surface area contributed by atoms with Crippen molar-refractivity contribution in [3.63, 3.8) is 0 Å². The summed E-state index contributed by atoms with van der Waals surface area (Å²) < 4.78 is 5.95.